The van der Waals surface area contributed by atoms with Gasteiger partial charge < -0.3 is 16.0 Å². The molecule has 3 N–H and O–H groups in total. The summed E-state index contributed by atoms with van der Waals surface area (Å²) in [6.07, 6.45) is 2.29. The summed E-state index contributed by atoms with van der Waals surface area (Å²) in [4.78, 5) is 13.9. The Balaban J connectivity index is 1.93. The molecular formula is C11H21N3O. The van der Waals surface area contributed by atoms with Crippen molar-refractivity contribution in [3.05, 3.63) is 0 Å². The number of carbonyl (C=O) groups excluding carboxylic acids is 1. The van der Waals surface area contributed by atoms with Crippen molar-refractivity contribution in [3.8, 4) is 0 Å². The molecule has 0 aliphatic carbocycles. The highest BCUT2D eigenvalue weighted by Crippen LogP contribution is 2.30. The van der Waals surface area contributed by atoms with Gasteiger partial charge in [0.05, 0.1) is 6.04 Å². The second-order valence-corrected chi connectivity index (χ2v) is 5.24. The highest BCUT2D eigenvalue weighted by Gasteiger charge is 2.44. The standard InChI is InChI=1S/C11H21N3O/c1-8(2)9(12)10(15)14-6-4-11(7-14)3-5-13-11/h8-9,13H,3-7,12H2,1-2H3/t9-,11+/m0/s1. The summed E-state index contributed by atoms with van der Waals surface area (Å²) in [6, 6.07) is -0.333. The lowest BCUT2D eigenvalue weighted by molar-refractivity contribution is -0.132. The third kappa shape index (κ3) is 1.88. The van der Waals surface area contributed by atoms with Gasteiger partial charge in [0.25, 0.3) is 0 Å². The lowest BCUT2D eigenvalue weighted by Crippen LogP contribution is -2.59. The van der Waals surface area contributed by atoms with Crippen LogP contribution in [0.3, 0.4) is 0 Å². The Kier molecular flexibility index (Phi) is 2.73. The van der Waals surface area contributed by atoms with Crippen LogP contribution in [0.5, 0.6) is 0 Å². The maximum atomic E-state index is 12.0. The third-order valence-electron chi connectivity index (χ3n) is 3.77. The van der Waals surface area contributed by atoms with Crippen LogP contribution in [0.2, 0.25) is 0 Å². The van der Waals surface area contributed by atoms with Crippen molar-refractivity contribution in [2.24, 2.45) is 11.7 Å². The van der Waals surface area contributed by atoms with Crippen molar-refractivity contribution in [3.63, 3.8) is 0 Å². The number of carbonyl (C=O) groups is 1. The molecule has 2 atom stereocenters. The number of amides is 1. The molecule has 4 heteroatoms. The molecule has 0 bridgehead atoms. The fourth-order valence-electron chi connectivity index (χ4n) is 2.38. The van der Waals surface area contributed by atoms with Crippen LogP contribution in [-0.4, -0.2) is 42.0 Å². The molecule has 1 amide bonds. The van der Waals surface area contributed by atoms with Crippen molar-refractivity contribution >= 4 is 5.91 Å². The number of nitrogens with two attached hydrogens (primary N) is 1. The molecule has 0 radical (unpaired) electrons. The van der Waals surface area contributed by atoms with Gasteiger partial charge in [0.1, 0.15) is 0 Å². The fraction of sp³-hybridized carbons (Fsp3) is 0.909. The first-order valence-electron chi connectivity index (χ1n) is 5.83. The fourth-order valence-corrected chi connectivity index (χ4v) is 2.38. The normalized spacial score (nSPS) is 32.1. The molecular weight excluding hydrogens is 190 g/mol. The molecule has 2 saturated heterocycles. The van der Waals surface area contributed by atoms with Crippen molar-refractivity contribution in [1.29, 1.82) is 0 Å². The second-order valence-electron chi connectivity index (χ2n) is 5.24. The minimum Gasteiger partial charge on any atom is -0.339 e. The monoisotopic (exact) mass is 211 g/mol. The zero-order valence-corrected chi connectivity index (χ0v) is 9.62. The van der Waals surface area contributed by atoms with Crippen molar-refractivity contribution in [1.82, 2.24) is 10.2 Å². The van der Waals surface area contributed by atoms with E-state index in [9.17, 15) is 4.79 Å². The van der Waals surface area contributed by atoms with Gasteiger partial charge in [0.2, 0.25) is 5.91 Å². The highest BCUT2D eigenvalue weighted by molar-refractivity contribution is 5.82. The van der Waals surface area contributed by atoms with Gasteiger partial charge in [-0.05, 0) is 25.3 Å². The SMILES string of the molecule is CC(C)[C@H](N)C(=O)N1CC[C@]2(CCN2)C1. The van der Waals surface area contributed by atoms with Gasteiger partial charge in [-0.15, -0.1) is 0 Å². The summed E-state index contributed by atoms with van der Waals surface area (Å²) in [6.45, 7) is 6.81. The molecule has 1 spiro atoms. The summed E-state index contributed by atoms with van der Waals surface area (Å²) in [5, 5.41) is 3.44. The van der Waals surface area contributed by atoms with Gasteiger partial charge in [0, 0.05) is 18.6 Å². The summed E-state index contributed by atoms with van der Waals surface area (Å²) < 4.78 is 0. The lowest BCUT2D eigenvalue weighted by Gasteiger charge is -2.40. The minimum atomic E-state index is -0.333. The first-order chi connectivity index (χ1) is 7.04. The topological polar surface area (TPSA) is 58.4 Å². The Morgan fingerprint density at radius 3 is 2.53 bits per heavy atom. The summed E-state index contributed by atoms with van der Waals surface area (Å²) in [7, 11) is 0. The molecule has 0 unspecified atom stereocenters. The summed E-state index contributed by atoms with van der Waals surface area (Å²) >= 11 is 0. The highest BCUT2D eigenvalue weighted by atomic mass is 16.2. The number of rotatable bonds is 2. The van der Waals surface area contributed by atoms with Crippen LogP contribution in [0.4, 0.5) is 0 Å². The van der Waals surface area contributed by atoms with E-state index in [0.717, 1.165) is 26.1 Å². The van der Waals surface area contributed by atoms with Gasteiger partial charge in [-0.25, -0.2) is 0 Å². The van der Waals surface area contributed by atoms with Crippen LogP contribution in [-0.2, 0) is 4.79 Å². The van der Waals surface area contributed by atoms with Crippen LogP contribution in [0.1, 0.15) is 26.7 Å². The molecule has 0 aromatic carbocycles. The maximum Gasteiger partial charge on any atom is 0.239 e. The van der Waals surface area contributed by atoms with Gasteiger partial charge in [-0.2, -0.15) is 0 Å². The zero-order chi connectivity index (χ0) is 11.1. The van der Waals surface area contributed by atoms with Gasteiger partial charge in [-0.3, -0.25) is 4.79 Å². The first kappa shape index (κ1) is 10.9. The van der Waals surface area contributed by atoms with Crippen LogP contribution < -0.4 is 11.1 Å². The van der Waals surface area contributed by atoms with E-state index in [4.69, 9.17) is 5.73 Å². The predicted molar refractivity (Wildman–Crippen MR) is 59.4 cm³/mol. The van der Waals surface area contributed by atoms with E-state index in [0.29, 0.717) is 0 Å². The zero-order valence-electron chi connectivity index (χ0n) is 9.62. The molecule has 15 heavy (non-hydrogen) atoms. The number of nitrogens with zero attached hydrogens (tertiary/aromatic N) is 1. The smallest absolute Gasteiger partial charge is 0.239 e. The molecule has 0 aromatic rings. The number of hydrogen-bond acceptors (Lipinski definition) is 3. The van der Waals surface area contributed by atoms with E-state index in [-0.39, 0.29) is 23.4 Å². The lowest BCUT2D eigenvalue weighted by atomic mass is 9.87. The second kappa shape index (κ2) is 3.76. The molecule has 2 heterocycles. The van der Waals surface area contributed by atoms with E-state index in [1.54, 1.807) is 0 Å². The van der Waals surface area contributed by atoms with Crippen LogP contribution >= 0.6 is 0 Å². The van der Waals surface area contributed by atoms with Crippen LogP contribution in [0.25, 0.3) is 0 Å². The Labute approximate surface area is 91.2 Å². The van der Waals surface area contributed by atoms with E-state index >= 15 is 0 Å². The molecule has 4 nitrogen and oxygen atoms in total. The Bertz CT molecular complexity index is 261. The quantitative estimate of drug-likeness (QED) is 0.672. The Morgan fingerprint density at radius 2 is 2.13 bits per heavy atom. The summed E-state index contributed by atoms with van der Waals surface area (Å²) in [5.74, 6) is 0.346. The van der Waals surface area contributed by atoms with Gasteiger partial charge >= 0.3 is 0 Å². The number of nitrogens with one attached hydrogen (secondary N) is 1. The number of likely N-dealkylation sites (tertiary alicyclic amines) is 1. The Morgan fingerprint density at radius 1 is 1.47 bits per heavy atom. The molecule has 0 saturated carbocycles. The maximum absolute atomic E-state index is 12.0. The molecule has 86 valence electrons. The Hall–Kier alpha value is -0.610. The summed E-state index contributed by atoms with van der Waals surface area (Å²) in [5.41, 5.74) is 6.12. The van der Waals surface area contributed by atoms with Gasteiger partial charge in [-0.1, -0.05) is 13.8 Å². The molecule has 2 rings (SSSR count). The van der Waals surface area contributed by atoms with Crippen LogP contribution in [0, 0.1) is 5.92 Å². The van der Waals surface area contributed by atoms with E-state index in [1.807, 2.05) is 18.7 Å². The molecule has 2 aliphatic rings. The average molecular weight is 211 g/mol. The van der Waals surface area contributed by atoms with Gasteiger partial charge in [0.15, 0.2) is 0 Å². The molecule has 2 fully saturated rings. The van der Waals surface area contributed by atoms with E-state index < -0.39 is 0 Å². The molecule has 2 aliphatic heterocycles. The number of hydrogen-bond donors (Lipinski definition) is 2. The van der Waals surface area contributed by atoms with Crippen molar-refractivity contribution in [2.45, 2.75) is 38.3 Å². The first-order valence-corrected chi connectivity index (χ1v) is 5.83. The largest absolute Gasteiger partial charge is 0.339 e. The van der Waals surface area contributed by atoms with Crippen molar-refractivity contribution in [2.75, 3.05) is 19.6 Å². The van der Waals surface area contributed by atoms with Crippen LogP contribution in [0.15, 0.2) is 0 Å². The predicted octanol–water partition coefficient (Wildman–Crippen LogP) is -0.0659. The van der Waals surface area contributed by atoms with Crippen molar-refractivity contribution < 1.29 is 4.79 Å². The third-order valence-corrected chi connectivity index (χ3v) is 3.77. The minimum absolute atomic E-state index is 0.121. The van der Waals surface area contributed by atoms with E-state index in [2.05, 4.69) is 5.32 Å². The van der Waals surface area contributed by atoms with E-state index in [1.165, 1.54) is 6.42 Å². The molecule has 0 aromatic heterocycles. The average Bonchev–Trinajstić information content (AvgIpc) is 2.59.